The van der Waals surface area contributed by atoms with E-state index in [0.717, 1.165) is 4.90 Å². The number of rotatable bonds is 6. The highest BCUT2D eigenvalue weighted by Crippen LogP contribution is 2.32. The minimum atomic E-state index is -1.50. The van der Waals surface area contributed by atoms with Crippen molar-refractivity contribution in [3.8, 4) is 0 Å². The van der Waals surface area contributed by atoms with Crippen LogP contribution in [0.25, 0.3) is 11.2 Å². The van der Waals surface area contributed by atoms with Gasteiger partial charge in [-0.05, 0) is 36.4 Å². The Labute approximate surface area is 244 Å². The Kier molecular flexibility index (Phi) is 7.71. The minimum Gasteiger partial charge on any atom is -0.451 e. The molecule has 0 spiro atoms. The summed E-state index contributed by atoms with van der Waals surface area (Å²) in [7, 11) is 0. The second-order valence-electron chi connectivity index (χ2n) is 9.72. The molecule has 6 rings (SSSR count). The third kappa shape index (κ3) is 5.37. The van der Waals surface area contributed by atoms with Gasteiger partial charge in [-0.1, -0.05) is 54.6 Å². The summed E-state index contributed by atoms with van der Waals surface area (Å²) in [6, 6.07) is 24.7. The van der Waals surface area contributed by atoms with Gasteiger partial charge in [0.1, 0.15) is 18.5 Å². The Morgan fingerprint density at radius 1 is 0.791 bits per heavy atom. The summed E-state index contributed by atoms with van der Waals surface area (Å²) in [6.07, 6.45) is -2.87. The number of ether oxygens (including phenoxy) is 2. The molecule has 216 valence electrons. The molecule has 1 saturated heterocycles. The average Bonchev–Trinajstić information content (AvgIpc) is 3.49. The third-order valence-electron chi connectivity index (χ3n) is 6.98. The second-order valence-corrected chi connectivity index (χ2v) is 9.72. The van der Waals surface area contributed by atoms with Crippen molar-refractivity contribution in [2.24, 2.45) is 0 Å². The lowest BCUT2D eigenvalue weighted by atomic mass is 10.0. The van der Waals surface area contributed by atoms with Gasteiger partial charge in [0, 0.05) is 11.1 Å². The number of imidazole rings is 1. The average molecular weight is 580 g/mol. The van der Waals surface area contributed by atoms with Gasteiger partial charge < -0.3 is 19.7 Å². The number of carbonyl (C=O) groups excluding carboxylic acids is 3. The maximum absolute atomic E-state index is 13.8. The molecule has 0 saturated carbocycles. The van der Waals surface area contributed by atoms with Crippen LogP contribution in [-0.2, 0) is 9.47 Å². The van der Waals surface area contributed by atoms with Gasteiger partial charge in [-0.25, -0.2) is 24.6 Å². The van der Waals surface area contributed by atoms with Crippen LogP contribution in [-0.4, -0.2) is 72.4 Å². The van der Waals surface area contributed by atoms with Crippen LogP contribution in [0, 0.1) is 0 Å². The van der Waals surface area contributed by atoms with Crippen molar-refractivity contribution in [2.75, 3.05) is 11.5 Å². The zero-order chi connectivity index (χ0) is 29.9. The second kappa shape index (κ2) is 11.9. The van der Waals surface area contributed by atoms with Crippen molar-refractivity contribution in [1.29, 1.82) is 0 Å². The van der Waals surface area contributed by atoms with Crippen molar-refractivity contribution in [3.63, 3.8) is 0 Å². The lowest BCUT2D eigenvalue weighted by Crippen LogP contribution is -2.52. The van der Waals surface area contributed by atoms with E-state index in [4.69, 9.17) is 9.47 Å². The van der Waals surface area contributed by atoms with Crippen molar-refractivity contribution in [3.05, 3.63) is 120 Å². The fraction of sp³-hybridized carbons (Fsp3) is 0.161. The fourth-order valence-electron chi connectivity index (χ4n) is 4.80. The highest BCUT2D eigenvalue weighted by Gasteiger charge is 2.44. The summed E-state index contributed by atoms with van der Waals surface area (Å²) in [5.41, 5.74) is 0.944. The summed E-state index contributed by atoms with van der Waals surface area (Å²) < 4.78 is 12.9. The zero-order valence-electron chi connectivity index (χ0n) is 22.5. The first-order valence-corrected chi connectivity index (χ1v) is 13.3. The van der Waals surface area contributed by atoms with E-state index in [9.17, 15) is 24.6 Å². The standard InChI is InChI=1S/C31H25N5O7/c37-22-16-42-30(25(24(22)38)43-31(41)21-14-8-3-9-15-21)35-18-34-23-26(35)32-17-33-27(23)36(28(39)19-10-4-1-5-11-19)29(40)20-12-6-2-7-13-20/h1-15,17-18,22,24-25,30,37-38H,16H2/t22-,24+,25+,30?/m1/s1. The summed E-state index contributed by atoms with van der Waals surface area (Å²) in [5.74, 6) is -2.09. The summed E-state index contributed by atoms with van der Waals surface area (Å²) in [6.45, 7) is -0.270. The van der Waals surface area contributed by atoms with Crippen LogP contribution in [0.2, 0.25) is 0 Å². The number of nitrogens with zero attached hydrogens (tertiary/aromatic N) is 5. The van der Waals surface area contributed by atoms with Crippen LogP contribution in [0.1, 0.15) is 37.3 Å². The molecule has 2 amide bonds. The number of hydrogen-bond acceptors (Lipinski definition) is 10. The molecule has 1 aliphatic heterocycles. The lowest BCUT2D eigenvalue weighted by molar-refractivity contribution is -0.210. The van der Waals surface area contributed by atoms with Gasteiger partial charge in [-0.3, -0.25) is 14.2 Å². The molecule has 2 aromatic heterocycles. The molecule has 12 heteroatoms. The number of aromatic nitrogens is 4. The summed E-state index contributed by atoms with van der Waals surface area (Å²) in [5, 5.41) is 21.2. The summed E-state index contributed by atoms with van der Waals surface area (Å²) >= 11 is 0. The molecule has 43 heavy (non-hydrogen) atoms. The molecule has 5 aromatic rings. The number of anilines is 1. The number of esters is 1. The van der Waals surface area contributed by atoms with Crippen molar-refractivity contribution in [1.82, 2.24) is 19.5 Å². The molecule has 3 heterocycles. The van der Waals surface area contributed by atoms with Crippen molar-refractivity contribution < 1.29 is 34.1 Å². The third-order valence-corrected chi connectivity index (χ3v) is 6.98. The fourth-order valence-corrected chi connectivity index (χ4v) is 4.80. The van der Waals surface area contributed by atoms with Gasteiger partial charge in [0.2, 0.25) is 0 Å². The molecule has 1 aliphatic rings. The molecule has 12 nitrogen and oxygen atoms in total. The molecule has 1 fully saturated rings. The maximum Gasteiger partial charge on any atom is 0.338 e. The predicted molar refractivity (Wildman–Crippen MR) is 152 cm³/mol. The van der Waals surface area contributed by atoms with Gasteiger partial charge >= 0.3 is 5.97 Å². The first-order chi connectivity index (χ1) is 20.9. The smallest absolute Gasteiger partial charge is 0.338 e. The van der Waals surface area contributed by atoms with E-state index < -0.39 is 42.3 Å². The highest BCUT2D eigenvalue weighted by molar-refractivity contribution is 6.27. The zero-order valence-corrected chi connectivity index (χ0v) is 22.5. The van der Waals surface area contributed by atoms with E-state index in [1.807, 2.05) is 0 Å². The van der Waals surface area contributed by atoms with E-state index >= 15 is 0 Å². The monoisotopic (exact) mass is 579 g/mol. The van der Waals surface area contributed by atoms with Gasteiger partial charge in [-0.2, -0.15) is 0 Å². The Morgan fingerprint density at radius 3 is 1.93 bits per heavy atom. The molecular formula is C31H25N5O7. The van der Waals surface area contributed by atoms with E-state index in [0.29, 0.717) is 0 Å². The molecule has 4 atom stereocenters. The van der Waals surface area contributed by atoms with Crippen LogP contribution < -0.4 is 4.90 Å². The molecule has 0 radical (unpaired) electrons. The molecule has 3 aromatic carbocycles. The molecule has 0 bridgehead atoms. The van der Waals surface area contributed by atoms with Crippen LogP contribution in [0.3, 0.4) is 0 Å². The van der Waals surface area contributed by atoms with E-state index in [1.54, 1.807) is 91.0 Å². The van der Waals surface area contributed by atoms with Gasteiger partial charge in [0.15, 0.2) is 29.3 Å². The number of imide groups is 1. The number of benzene rings is 3. The SMILES string of the molecule is O=C(O[C@@H]1C(n2cnc3c(N(C(=O)c4ccccc4)C(=O)c4ccccc4)ncnc32)OC[C@@H](O)[C@@H]1O)c1ccccc1. The number of fused-ring (bicyclic) bond motifs is 1. The van der Waals surface area contributed by atoms with Gasteiger partial charge in [0.05, 0.1) is 18.5 Å². The maximum atomic E-state index is 13.8. The highest BCUT2D eigenvalue weighted by atomic mass is 16.6. The van der Waals surface area contributed by atoms with Crippen LogP contribution in [0.4, 0.5) is 5.82 Å². The topological polar surface area (TPSA) is 157 Å². The lowest BCUT2D eigenvalue weighted by Gasteiger charge is -2.38. The number of hydrogen-bond donors (Lipinski definition) is 2. The quantitative estimate of drug-likeness (QED) is 0.226. The Bertz CT molecular complexity index is 1710. The summed E-state index contributed by atoms with van der Waals surface area (Å²) in [4.78, 5) is 54.4. The van der Waals surface area contributed by atoms with E-state index in [1.165, 1.54) is 17.2 Å². The predicted octanol–water partition coefficient (Wildman–Crippen LogP) is 2.79. The Balaban J connectivity index is 1.42. The van der Waals surface area contributed by atoms with E-state index in [2.05, 4.69) is 15.0 Å². The normalized spacial score (nSPS) is 20.0. The van der Waals surface area contributed by atoms with Crippen LogP contribution in [0.15, 0.2) is 104 Å². The van der Waals surface area contributed by atoms with E-state index in [-0.39, 0.29) is 40.3 Å². The first kappa shape index (κ1) is 27.8. The molecule has 2 N–H and O–H groups in total. The molecule has 1 unspecified atom stereocenters. The van der Waals surface area contributed by atoms with Gasteiger partial charge in [0.25, 0.3) is 11.8 Å². The van der Waals surface area contributed by atoms with Gasteiger partial charge in [-0.15, -0.1) is 0 Å². The number of aliphatic hydroxyl groups is 2. The number of aliphatic hydroxyl groups excluding tert-OH is 2. The molecular weight excluding hydrogens is 554 g/mol. The number of amides is 2. The van der Waals surface area contributed by atoms with Crippen molar-refractivity contribution in [2.45, 2.75) is 24.5 Å². The Hall–Kier alpha value is -5.30. The van der Waals surface area contributed by atoms with Crippen molar-refractivity contribution >= 4 is 34.8 Å². The largest absolute Gasteiger partial charge is 0.451 e. The van der Waals surface area contributed by atoms with Crippen LogP contribution in [0.5, 0.6) is 0 Å². The number of carbonyl (C=O) groups is 3. The first-order valence-electron chi connectivity index (χ1n) is 13.3. The Morgan fingerprint density at radius 2 is 1.35 bits per heavy atom. The molecule has 0 aliphatic carbocycles. The minimum absolute atomic E-state index is 0.0772. The van der Waals surface area contributed by atoms with Crippen LogP contribution >= 0.6 is 0 Å².